The molecule has 0 bridgehead atoms. The SMILES string of the molecule is C=Cc1ccc(C[NH2+]Cc2ccccc2)cc1.[Cl-].[Cl-].[NH4+]. The molecule has 0 aliphatic heterocycles. The van der Waals surface area contributed by atoms with Crippen LogP contribution in [0.5, 0.6) is 0 Å². The Morgan fingerprint density at radius 2 is 1.30 bits per heavy atom. The third-order valence-electron chi connectivity index (χ3n) is 2.82. The van der Waals surface area contributed by atoms with Crippen LogP contribution < -0.4 is 36.3 Å². The lowest BCUT2D eigenvalue weighted by Gasteiger charge is -2.02. The summed E-state index contributed by atoms with van der Waals surface area (Å²) in [7, 11) is 0. The van der Waals surface area contributed by atoms with Crippen molar-refractivity contribution in [3.05, 3.63) is 77.9 Å². The molecule has 0 radical (unpaired) electrons. The Morgan fingerprint density at radius 3 is 1.80 bits per heavy atom. The fraction of sp³-hybridized carbons (Fsp3) is 0.125. The minimum atomic E-state index is 0. The average Bonchev–Trinajstić information content (AvgIpc) is 2.41. The molecule has 20 heavy (non-hydrogen) atoms. The molecule has 0 atom stereocenters. The van der Waals surface area contributed by atoms with Gasteiger partial charge in [0.2, 0.25) is 0 Å². The molecule has 2 nitrogen and oxygen atoms in total. The molecular weight excluding hydrogens is 291 g/mol. The molecule has 0 spiro atoms. The van der Waals surface area contributed by atoms with E-state index in [0.29, 0.717) is 0 Å². The highest BCUT2D eigenvalue weighted by molar-refractivity contribution is 5.47. The van der Waals surface area contributed by atoms with Crippen molar-refractivity contribution in [1.82, 2.24) is 6.15 Å². The van der Waals surface area contributed by atoms with Gasteiger partial charge < -0.3 is 36.3 Å². The Hall–Kier alpha value is -1.32. The van der Waals surface area contributed by atoms with E-state index in [4.69, 9.17) is 0 Å². The van der Waals surface area contributed by atoms with E-state index in [1.807, 2.05) is 6.08 Å². The van der Waals surface area contributed by atoms with Crippen molar-refractivity contribution >= 4 is 6.08 Å². The fourth-order valence-corrected chi connectivity index (χ4v) is 1.81. The van der Waals surface area contributed by atoms with E-state index in [1.165, 1.54) is 16.7 Å². The predicted molar refractivity (Wildman–Crippen MR) is 78.3 cm³/mol. The second-order valence-corrected chi connectivity index (χ2v) is 4.13. The van der Waals surface area contributed by atoms with Crippen molar-refractivity contribution in [3.63, 3.8) is 0 Å². The standard InChI is InChI=1S/C16H17N.2ClH.H3N/c1-2-14-8-10-16(11-9-14)13-17-12-15-6-4-3-5-7-15;;;/h2-11,17H,1,12-13H2;2*1H;1H3. The summed E-state index contributed by atoms with van der Waals surface area (Å²) in [5, 5.41) is 2.32. The molecule has 0 unspecified atom stereocenters. The first-order valence-corrected chi connectivity index (χ1v) is 5.95. The predicted octanol–water partition coefficient (Wildman–Crippen LogP) is -3.02. The van der Waals surface area contributed by atoms with E-state index in [2.05, 4.69) is 66.5 Å². The van der Waals surface area contributed by atoms with E-state index in [-0.39, 0.29) is 31.0 Å². The zero-order valence-corrected chi connectivity index (χ0v) is 13.2. The third-order valence-corrected chi connectivity index (χ3v) is 2.82. The molecule has 110 valence electrons. The van der Waals surface area contributed by atoms with Crippen LogP contribution in [0.2, 0.25) is 0 Å². The summed E-state index contributed by atoms with van der Waals surface area (Å²) >= 11 is 0. The molecule has 2 rings (SSSR count). The van der Waals surface area contributed by atoms with Crippen LogP contribution in [-0.2, 0) is 13.1 Å². The first-order valence-electron chi connectivity index (χ1n) is 5.95. The number of rotatable bonds is 5. The van der Waals surface area contributed by atoms with Crippen LogP contribution in [0.15, 0.2) is 61.2 Å². The zero-order valence-electron chi connectivity index (χ0n) is 11.7. The monoisotopic (exact) mass is 312 g/mol. The lowest BCUT2D eigenvalue weighted by Crippen LogP contribution is -3.00. The van der Waals surface area contributed by atoms with Gasteiger partial charge in [0.1, 0.15) is 13.1 Å². The van der Waals surface area contributed by atoms with Crippen LogP contribution in [0.1, 0.15) is 16.7 Å². The van der Waals surface area contributed by atoms with Crippen molar-refractivity contribution in [2.45, 2.75) is 13.1 Å². The maximum Gasteiger partial charge on any atom is 0.101 e. The van der Waals surface area contributed by atoms with Gasteiger partial charge in [-0.05, 0) is 5.56 Å². The Labute approximate surface area is 133 Å². The summed E-state index contributed by atoms with van der Waals surface area (Å²) in [6.07, 6.45) is 1.87. The first-order chi connectivity index (χ1) is 8.38. The second-order valence-electron chi connectivity index (χ2n) is 4.13. The summed E-state index contributed by atoms with van der Waals surface area (Å²) in [6, 6.07) is 19.1. The highest BCUT2D eigenvalue weighted by Gasteiger charge is 1.96. The summed E-state index contributed by atoms with van der Waals surface area (Å²) in [5.74, 6) is 0. The van der Waals surface area contributed by atoms with Gasteiger partial charge in [0.15, 0.2) is 0 Å². The Morgan fingerprint density at radius 1 is 0.800 bits per heavy atom. The number of nitrogens with two attached hydrogens (primary N) is 1. The Balaban J connectivity index is 0. The minimum Gasteiger partial charge on any atom is -1.00 e. The largest absolute Gasteiger partial charge is 1.00 e. The molecular formula is C16H22Cl2N2. The summed E-state index contributed by atoms with van der Waals surface area (Å²) in [4.78, 5) is 0. The topological polar surface area (TPSA) is 53.1 Å². The average molecular weight is 313 g/mol. The number of halogens is 2. The molecule has 4 heteroatoms. The van der Waals surface area contributed by atoms with Crippen LogP contribution in [0, 0.1) is 0 Å². The van der Waals surface area contributed by atoms with Crippen LogP contribution in [0.4, 0.5) is 0 Å². The minimum absolute atomic E-state index is 0. The smallest absolute Gasteiger partial charge is 0.101 e. The number of quaternary nitrogens is 2. The molecule has 0 heterocycles. The lowest BCUT2D eigenvalue weighted by molar-refractivity contribution is -0.686. The van der Waals surface area contributed by atoms with E-state index in [0.717, 1.165) is 13.1 Å². The molecule has 2 aromatic rings. The summed E-state index contributed by atoms with van der Waals surface area (Å²) < 4.78 is 0. The highest BCUT2D eigenvalue weighted by Crippen LogP contribution is 2.04. The molecule has 6 N–H and O–H groups in total. The Kier molecular flexibility index (Phi) is 12.1. The van der Waals surface area contributed by atoms with Crippen LogP contribution in [-0.4, -0.2) is 0 Å². The number of hydrogen-bond donors (Lipinski definition) is 2. The summed E-state index contributed by atoms with van der Waals surface area (Å²) in [6.45, 7) is 5.81. The van der Waals surface area contributed by atoms with Gasteiger partial charge in [0.05, 0.1) is 0 Å². The molecule has 0 saturated heterocycles. The lowest BCUT2D eigenvalue weighted by atomic mass is 10.1. The van der Waals surface area contributed by atoms with Crippen molar-refractivity contribution in [1.29, 1.82) is 0 Å². The van der Waals surface area contributed by atoms with Crippen molar-refractivity contribution in [2.24, 2.45) is 0 Å². The zero-order chi connectivity index (χ0) is 11.9. The van der Waals surface area contributed by atoms with Gasteiger partial charge in [0.25, 0.3) is 0 Å². The van der Waals surface area contributed by atoms with Gasteiger partial charge in [-0.15, -0.1) is 0 Å². The van der Waals surface area contributed by atoms with Crippen molar-refractivity contribution in [3.8, 4) is 0 Å². The van der Waals surface area contributed by atoms with Gasteiger partial charge in [-0.3, -0.25) is 0 Å². The van der Waals surface area contributed by atoms with E-state index in [1.54, 1.807) is 0 Å². The molecule has 0 fully saturated rings. The number of benzene rings is 2. The van der Waals surface area contributed by atoms with Crippen LogP contribution in [0.3, 0.4) is 0 Å². The van der Waals surface area contributed by atoms with Gasteiger partial charge in [-0.2, -0.15) is 0 Å². The van der Waals surface area contributed by atoms with Gasteiger partial charge in [0, 0.05) is 11.1 Å². The van der Waals surface area contributed by atoms with Gasteiger partial charge in [-0.25, -0.2) is 0 Å². The van der Waals surface area contributed by atoms with Crippen molar-refractivity contribution < 1.29 is 30.1 Å². The molecule has 0 saturated carbocycles. The fourth-order valence-electron chi connectivity index (χ4n) is 1.81. The maximum absolute atomic E-state index is 3.75. The molecule has 0 amide bonds. The molecule has 2 aromatic carbocycles. The van der Waals surface area contributed by atoms with Gasteiger partial charge in [-0.1, -0.05) is 67.3 Å². The van der Waals surface area contributed by atoms with E-state index in [9.17, 15) is 0 Å². The molecule has 0 aliphatic carbocycles. The first kappa shape index (κ1) is 21.0. The van der Waals surface area contributed by atoms with E-state index < -0.39 is 0 Å². The second kappa shape index (κ2) is 11.5. The third kappa shape index (κ3) is 6.73. The maximum atomic E-state index is 3.75. The highest BCUT2D eigenvalue weighted by atomic mass is 35.5. The van der Waals surface area contributed by atoms with E-state index >= 15 is 0 Å². The molecule has 0 aromatic heterocycles. The van der Waals surface area contributed by atoms with Gasteiger partial charge >= 0.3 is 0 Å². The normalized spacial score (nSPS) is 8.60. The van der Waals surface area contributed by atoms with Crippen LogP contribution >= 0.6 is 0 Å². The summed E-state index contributed by atoms with van der Waals surface area (Å²) in [5.41, 5.74) is 3.90. The molecule has 0 aliphatic rings. The quantitative estimate of drug-likeness (QED) is 0.590. The van der Waals surface area contributed by atoms with Crippen molar-refractivity contribution in [2.75, 3.05) is 0 Å². The van der Waals surface area contributed by atoms with Crippen LogP contribution in [0.25, 0.3) is 6.08 Å². The number of hydrogen-bond acceptors (Lipinski definition) is 0. The Bertz CT molecular complexity index is 470.